The van der Waals surface area contributed by atoms with E-state index in [9.17, 15) is 9.59 Å². The summed E-state index contributed by atoms with van der Waals surface area (Å²) in [7, 11) is 1.58. The lowest BCUT2D eigenvalue weighted by atomic mass is 10.2. The molecule has 0 bridgehead atoms. The Morgan fingerprint density at radius 3 is 2.41 bits per heavy atom. The zero-order valence-electron chi connectivity index (χ0n) is 14.6. The van der Waals surface area contributed by atoms with Crippen LogP contribution in [-0.2, 0) is 0 Å². The van der Waals surface area contributed by atoms with Crippen LogP contribution in [0.15, 0.2) is 48.5 Å². The van der Waals surface area contributed by atoms with E-state index in [2.05, 4.69) is 15.6 Å². The van der Waals surface area contributed by atoms with Crippen LogP contribution < -0.4 is 15.4 Å². The molecule has 2 amide bonds. The van der Waals surface area contributed by atoms with E-state index < -0.39 is 0 Å². The van der Waals surface area contributed by atoms with Crippen LogP contribution in [0.3, 0.4) is 0 Å². The average Bonchev–Trinajstić information content (AvgIpc) is 3.03. The first-order valence-corrected chi connectivity index (χ1v) is 9.16. The summed E-state index contributed by atoms with van der Waals surface area (Å²) in [5.74, 6) is 0.0245. The molecule has 0 saturated heterocycles. The molecule has 0 saturated carbocycles. The number of nitrogens with zero attached hydrogens (tertiary/aromatic N) is 1. The number of halogens is 1. The summed E-state index contributed by atoms with van der Waals surface area (Å²) >= 11 is 7.13. The monoisotopic (exact) mass is 401 g/mol. The lowest BCUT2D eigenvalue weighted by Crippen LogP contribution is -2.12. The van der Waals surface area contributed by atoms with Crippen LogP contribution in [0.2, 0.25) is 5.02 Å². The minimum Gasteiger partial charge on any atom is -0.497 e. The second-order valence-electron chi connectivity index (χ2n) is 5.55. The number of aryl methyl sites for hydroxylation is 1. The molecule has 2 N–H and O–H groups in total. The Labute approximate surface area is 165 Å². The number of nitrogens with one attached hydrogen (secondary N) is 2. The zero-order valence-corrected chi connectivity index (χ0v) is 16.1. The molecule has 0 aliphatic heterocycles. The van der Waals surface area contributed by atoms with Crippen molar-refractivity contribution in [2.45, 2.75) is 6.92 Å². The predicted molar refractivity (Wildman–Crippen MR) is 107 cm³/mol. The molecule has 3 rings (SSSR count). The van der Waals surface area contributed by atoms with Crippen LogP contribution in [-0.4, -0.2) is 23.9 Å². The Bertz CT molecular complexity index is 986. The van der Waals surface area contributed by atoms with Crippen molar-refractivity contribution in [1.82, 2.24) is 4.98 Å². The standard InChI is InChI=1S/C19H16ClN3O3S/c1-11-16(18(25)22-12-7-9-13(26-2)10-8-12)27-19(21-11)23-17(24)14-5-3-4-6-15(14)20/h3-10H,1-2H3,(H,22,25)(H,21,23,24). The average molecular weight is 402 g/mol. The molecule has 0 aliphatic rings. The smallest absolute Gasteiger partial charge is 0.267 e. The van der Waals surface area contributed by atoms with Gasteiger partial charge in [-0.25, -0.2) is 4.98 Å². The van der Waals surface area contributed by atoms with E-state index >= 15 is 0 Å². The first-order valence-electron chi connectivity index (χ1n) is 7.96. The molecular weight excluding hydrogens is 386 g/mol. The summed E-state index contributed by atoms with van der Waals surface area (Å²) < 4.78 is 5.09. The first kappa shape index (κ1) is 18.9. The van der Waals surface area contributed by atoms with Crippen molar-refractivity contribution >= 4 is 45.6 Å². The number of hydrogen-bond acceptors (Lipinski definition) is 5. The summed E-state index contributed by atoms with van der Waals surface area (Å²) in [5.41, 5.74) is 1.51. The van der Waals surface area contributed by atoms with Gasteiger partial charge in [0.2, 0.25) is 0 Å². The Hall–Kier alpha value is -2.90. The molecule has 1 heterocycles. The molecule has 0 spiro atoms. The normalized spacial score (nSPS) is 10.3. The van der Waals surface area contributed by atoms with Crippen LogP contribution in [0, 0.1) is 6.92 Å². The molecule has 0 aliphatic carbocycles. The quantitative estimate of drug-likeness (QED) is 0.653. The first-order chi connectivity index (χ1) is 13.0. The Morgan fingerprint density at radius 2 is 1.74 bits per heavy atom. The van der Waals surface area contributed by atoms with Gasteiger partial charge in [0.05, 0.1) is 23.4 Å². The molecule has 3 aromatic rings. The number of thiazole rings is 1. The van der Waals surface area contributed by atoms with Crippen molar-refractivity contribution < 1.29 is 14.3 Å². The van der Waals surface area contributed by atoms with Crippen LogP contribution >= 0.6 is 22.9 Å². The number of anilines is 2. The predicted octanol–water partition coefficient (Wildman–Crippen LogP) is 4.62. The maximum Gasteiger partial charge on any atom is 0.267 e. The summed E-state index contributed by atoms with van der Waals surface area (Å²) in [6, 6.07) is 13.7. The number of aromatic nitrogens is 1. The van der Waals surface area contributed by atoms with Crippen molar-refractivity contribution in [2.24, 2.45) is 0 Å². The number of methoxy groups -OCH3 is 1. The highest BCUT2D eigenvalue weighted by Crippen LogP contribution is 2.25. The van der Waals surface area contributed by atoms with E-state index in [0.717, 1.165) is 11.3 Å². The largest absolute Gasteiger partial charge is 0.497 e. The highest BCUT2D eigenvalue weighted by molar-refractivity contribution is 7.17. The summed E-state index contributed by atoms with van der Waals surface area (Å²) in [6.45, 7) is 1.71. The maximum atomic E-state index is 12.5. The number of carbonyl (C=O) groups excluding carboxylic acids is 2. The molecule has 2 aromatic carbocycles. The van der Waals surface area contributed by atoms with Crippen molar-refractivity contribution in [1.29, 1.82) is 0 Å². The van der Waals surface area contributed by atoms with E-state index in [1.807, 2.05) is 0 Å². The summed E-state index contributed by atoms with van der Waals surface area (Å²) in [4.78, 5) is 29.5. The van der Waals surface area contributed by atoms with E-state index in [-0.39, 0.29) is 11.8 Å². The second-order valence-corrected chi connectivity index (χ2v) is 6.96. The van der Waals surface area contributed by atoms with Gasteiger partial charge in [-0.15, -0.1) is 0 Å². The van der Waals surface area contributed by atoms with Gasteiger partial charge in [-0.2, -0.15) is 0 Å². The highest BCUT2D eigenvalue weighted by Gasteiger charge is 2.18. The fraction of sp³-hybridized carbons (Fsp3) is 0.105. The van der Waals surface area contributed by atoms with Crippen molar-refractivity contribution in [2.75, 3.05) is 17.7 Å². The SMILES string of the molecule is COc1ccc(NC(=O)c2sc(NC(=O)c3ccccc3Cl)nc2C)cc1. The topological polar surface area (TPSA) is 80.3 Å². The van der Waals surface area contributed by atoms with Gasteiger partial charge in [-0.3, -0.25) is 14.9 Å². The van der Waals surface area contributed by atoms with Crippen molar-refractivity contribution in [3.63, 3.8) is 0 Å². The van der Waals surface area contributed by atoms with E-state index in [4.69, 9.17) is 16.3 Å². The van der Waals surface area contributed by atoms with Gasteiger partial charge in [0.1, 0.15) is 10.6 Å². The number of amides is 2. The third-order valence-corrected chi connectivity index (χ3v) is 5.09. The van der Waals surface area contributed by atoms with E-state index in [0.29, 0.717) is 37.7 Å². The van der Waals surface area contributed by atoms with Crippen molar-refractivity contribution in [3.05, 3.63) is 69.7 Å². The van der Waals surface area contributed by atoms with Gasteiger partial charge in [-0.05, 0) is 43.3 Å². The lowest BCUT2D eigenvalue weighted by molar-refractivity contribution is 0.102. The molecule has 1 aromatic heterocycles. The maximum absolute atomic E-state index is 12.5. The number of benzene rings is 2. The fourth-order valence-electron chi connectivity index (χ4n) is 2.33. The minimum atomic E-state index is -0.378. The highest BCUT2D eigenvalue weighted by atomic mass is 35.5. The molecular formula is C19H16ClN3O3S. The molecule has 0 fully saturated rings. The molecule has 0 atom stereocenters. The summed E-state index contributed by atoms with van der Waals surface area (Å²) in [5, 5.41) is 6.16. The molecule has 6 nitrogen and oxygen atoms in total. The van der Waals surface area contributed by atoms with E-state index in [1.54, 1.807) is 62.6 Å². The molecule has 138 valence electrons. The number of hydrogen-bond donors (Lipinski definition) is 2. The number of rotatable bonds is 5. The van der Waals surface area contributed by atoms with Gasteiger partial charge in [-0.1, -0.05) is 35.1 Å². The minimum absolute atomic E-state index is 0.298. The molecule has 27 heavy (non-hydrogen) atoms. The Kier molecular flexibility index (Phi) is 5.73. The Balaban J connectivity index is 1.72. The Morgan fingerprint density at radius 1 is 1.04 bits per heavy atom. The third-order valence-electron chi connectivity index (χ3n) is 3.69. The third kappa shape index (κ3) is 4.45. The van der Waals surface area contributed by atoms with Crippen LogP contribution in [0.5, 0.6) is 5.75 Å². The van der Waals surface area contributed by atoms with Gasteiger partial charge >= 0.3 is 0 Å². The number of ether oxygens (including phenoxy) is 1. The molecule has 8 heteroatoms. The molecule has 0 unspecified atom stereocenters. The van der Waals surface area contributed by atoms with Gasteiger partial charge in [0.25, 0.3) is 11.8 Å². The van der Waals surface area contributed by atoms with Crippen LogP contribution in [0.25, 0.3) is 0 Å². The van der Waals surface area contributed by atoms with Gasteiger partial charge < -0.3 is 10.1 Å². The fourth-order valence-corrected chi connectivity index (χ4v) is 3.41. The lowest BCUT2D eigenvalue weighted by Gasteiger charge is -2.05. The zero-order chi connectivity index (χ0) is 19.4. The van der Waals surface area contributed by atoms with Crippen molar-refractivity contribution in [3.8, 4) is 5.75 Å². The van der Waals surface area contributed by atoms with Crippen LogP contribution in [0.1, 0.15) is 25.7 Å². The van der Waals surface area contributed by atoms with Gasteiger partial charge in [0, 0.05) is 5.69 Å². The van der Waals surface area contributed by atoms with E-state index in [1.165, 1.54) is 0 Å². The summed E-state index contributed by atoms with van der Waals surface area (Å²) in [6.07, 6.45) is 0. The molecule has 0 radical (unpaired) electrons. The van der Waals surface area contributed by atoms with Gasteiger partial charge in [0.15, 0.2) is 5.13 Å². The second kappa shape index (κ2) is 8.20. The number of carbonyl (C=O) groups is 2. The van der Waals surface area contributed by atoms with Crippen LogP contribution in [0.4, 0.5) is 10.8 Å².